The van der Waals surface area contributed by atoms with Gasteiger partial charge in [0.05, 0.1) is 0 Å². The van der Waals surface area contributed by atoms with Crippen molar-refractivity contribution in [3.05, 3.63) is 34.3 Å². The molecule has 8 nitrogen and oxygen atoms in total. The number of ketones is 1. The molecule has 1 aromatic heterocycles. The van der Waals surface area contributed by atoms with Crippen LogP contribution in [0.3, 0.4) is 0 Å². The Morgan fingerprint density at radius 3 is 2.77 bits per heavy atom. The Labute approximate surface area is 183 Å². The van der Waals surface area contributed by atoms with Crippen LogP contribution in [0.5, 0.6) is 0 Å². The van der Waals surface area contributed by atoms with Gasteiger partial charge < -0.3 is 21.4 Å². The molecule has 1 atom stereocenters. The number of aromatic nitrogens is 2. The Morgan fingerprint density at radius 1 is 1.39 bits per heavy atom. The van der Waals surface area contributed by atoms with Crippen molar-refractivity contribution in [2.24, 2.45) is 17.6 Å². The first kappa shape index (κ1) is 22.8. The summed E-state index contributed by atoms with van der Waals surface area (Å²) in [5.41, 5.74) is 15.5. The number of hydrogen-bond donors (Lipinski definition) is 4. The minimum atomic E-state index is -0.179. The second-order valence-corrected chi connectivity index (χ2v) is 8.92. The lowest BCUT2D eigenvalue weighted by molar-refractivity contribution is -0.121. The molecular weight excluding hydrogens is 392 g/mol. The number of anilines is 1. The molecule has 8 heteroatoms. The molecule has 0 aliphatic heterocycles. The van der Waals surface area contributed by atoms with E-state index >= 15 is 0 Å². The first-order valence-corrected chi connectivity index (χ1v) is 11.1. The van der Waals surface area contributed by atoms with Crippen molar-refractivity contribution in [2.75, 3.05) is 12.3 Å². The van der Waals surface area contributed by atoms with Crippen molar-refractivity contribution in [1.29, 1.82) is 5.41 Å². The maximum Gasteiger partial charge on any atom is 0.220 e. The lowest BCUT2D eigenvalue weighted by Gasteiger charge is -2.24. The average Bonchev–Trinajstić information content (AvgIpc) is 3.21. The fraction of sp³-hybridized carbons (Fsp3) is 0.565. The molecule has 0 saturated carbocycles. The molecule has 2 aliphatic rings. The topological polar surface area (TPSA) is 140 Å². The highest BCUT2D eigenvalue weighted by Gasteiger charge is 2.30. The van der Waals surface area contributed by atoms with Crippen molar-refractivity contribution >= 4 is 23.3 Å². The van der Waals surface area contributed by atoms with E-state index in [0.29, 0.717) is 55.8 Å². The van der Waals surface area contributed by atoms with E-state index < -0.39 is 0 Å². The van der Waals surface area contributed by atoms with Crippen molar-refractivity contribution in [3.63, 3.8) is 0 Å². The first-order chi connectivity index (χ1) is 14.7. The number of allylic oxidation sites excluding steroid dienone is 4. The Morgan fingerprint density at radius 2 is 2.13 bits per heavy atom. The number of hydrogen-bond acceptors (Lipinski definition) is 5. The van der Waals surface area contributed by atoms with Crippen LogP contribution in [0.25, 0.3) is 0 Å². The van der Waals surface area contributed by atoms with Crippen LogP contribution in [0, 0.1) is 17.2 Å². The zero-order chi connectivity index (χ0) is 22.7. The van der Waals surface area contributed by atoms with Crippen LogP contribution < -0.4 is 16.8 Å². The third kappa shape index (κ3) is 5.06. The van der Waals surface area contributed by atoms with Gasteiger partial charge >= 0.3 is 0 Å². The summed E-state index contributed by atoms with van der Waals surface area (Å²) in [6, 6.07) is 0. The van der Waals surface area contributed by atoms with Crippen LogP contribution in [0.4, 0.5) is 5.82 Å². The molecule has 2 aliphatic carbocycles. The second kappa shape index (κ2) is 9.49. The molecule has 0 aromatic carbocycles. The molecule has 0 fully saturated rings. The van der Waals surface area contributed by atoms with E-state index in [1.807, 2.05) is 18.4 Å². The van der Waals surface area contributed by atoms with Gasteiger partial charge in [0, 0.05) is 37.9 Å². The van der Waals surface area contributed by atoms with E-state index in [1.165, 1.54) is 11.1 Å². The lowest BCUT2D eigenvalue weighted by atomic mass is 9.81. The largest absolute Gasteiger partial charge is 0.383 e. The minimum absolute atomic E-state index is 0.00211. The molecule has 1 amide bonds. The maximum absolute atomic E-state index is 12.3. The van der Waals surface area contributed by atoms with Gasteiger partial charge in [-0.1, -0.05) is 38.0 Å². The summed E-state index contributed by atoms with van der Waals surface area (Å²) in [5.74, 6) is 1.75. The van der Waals surface area contributed by atoms with E-state index in [0.717, 1.165) is 24.8 Å². The molecule has 1 unspecified atom stereocenters. The summed E-state index contributed by atoms with van der Waals surface area (Å²) in [4.78, 5) is 28.8. The fourth-order valence-electron chi connectivity index (χ4n) is 4.49. The number of carbonyl (C=O) groups excluding carboxylic acids is 2. The van der Waals surface area contributed by atoms with Gasteiger partial charge in [0.15, 0.2) is 5.78 Å². The number of carbonyl (C=O) groups is 2. The summed E-state index contributed by atoms with van der Waals surface area (Å²) >= 11 is 0. The highest BCUT2D eigenvalue weighted by Crippen LogP contribution is 2.39. The van der Waals surface area contributed by atoms with E-state index in [1.54, 1.807) is 0 Å². The maximum atomic E-state index is 12.3. The van der Waals surface area contributed by atoms with Gasteiger partial charge in [-0.25, -0.2) is 4.98 Å². The number of Topliss-reactive ketones (excluding diaryl/α,β-unsaturated/α-hetero) is 1. The monoisotopic (exact) mass is 426 g/mol. The smallest absolute Gasteiger partial charge is 0.220 e. The zero-order valence-electron chi connectivity index (χ0n) is 18.8. The molecule has 1 heterocycles. The SMILES string of the molecule is CCC1CC2=C(C=C1Cc1nc(C(=N)N)c(N)n1CCNC(=O)CC(C)C)C(=O)CC2. The lowest BCUT2D eigenvalue weighted by Crippen LogP contribution is -2.29. The molecule has 0 spiro atoms. The van der Waals surface area contributed by atoms with E-state index in [4.69, 9.17) is 16.9 Å². The van der Waals surface area contributed by atoms with Crippen LogP contribution in [-0.4, -0.2) is 33.6 Å². The number of amides is 1. The summed E-state index contributed by atoms with van der Waals surface area (Å²) < 4.78 is 1.83. The summed E-state index contributed by atoms with van der Waals surface area (Å²) in [6.07, 6.45) is 6.46. The molecular formula is C23H34N6O2. The Balaban J connectivity index is 1.83. The number of imidazole rings is 1. The first-order valence-electron chi connectivity index (χ1n) is 11.1. The van der Waals surface area contributed by atoms with Crippen molar-refractivity contribution in [3.8, 4) is 0 Å². The summed E-state index contributed by atoms with van der Waals surface area (Å²) in [5, 5.41) is 10.7. The average molecular weight is 427 g/mol. The van der Waals surface area contributed by atoms with Gasteiger partial charge in [0.1, 0.15) is 23.2 Å². The van der Waals surface area contributed by atoms with Gasteiger partial charge in [-0.3, -0.25) is 15.0 Å². The molecule has 168 valence electrons. The number of nitrogen functional groups attached to an aromatic ring is 2. The van der Waals surface area contributed by atoms with Crippen LogP contribution in [0.1, 0.15) is 64.4 Å². The zero-order valence-corrected chi connectivity index (χ0v) is 18.8. The highest BCUT2D eigenvalue weighted by atomic mass is 16.1. The van der Waals surface area contributed by atoms with Crippen LogP contribution in [-0.2, 0) is 22.6 Å². The number of nitrogens with zero attached hydrogens (tertiary/aromatic N) is 2. The van der Waals surface area contributed by atoms with Crippen molar-refractivity contribution < 1.29 is 9.59 Å². The predicted octanol–water partition coefficient (Wildman–Crippen LogP) is 2.47. The third-order valence-electron chi connectivity index (χ3n) is 6.13. The van der Waals surface area contributed by atoms with Crippen LogP contribution >= 0.6 is 0 Å². The van der Waals surface area contributed by atoms with Gasteiger partial charge in [-0.15, -0.1) is 0 Å². The van der Waals surface area contributed by atoms with Gasteiger partial charge in [-0.05, 0) is 31.1 Å². The molecule has 3 rings (SSSR count). The number of nitrogens with one attached hydrogen (secondary N) is 2. The number of nitrogens with two attached hydrogens (primary N) is 2. The molecule has 1 aromatic rings. The highest BCUT2D eigenvalue weighted by molar-refractivity contribution is 6.01. The molecule has 6 N–H and O–H groups in total. The number of amidine groups is 1. The summed E-state index contributed by atoms with van der Waals surface area (Å²) in [6.45, 7) is 7.03. The summed E-state index contributed by atoms with van der Waals surface area (Å²) in [7, 11) is 0. The minimum Gasteiger partial charge on any atom is -0.383 e. The molecule has 31 heavy (non-hydrogen) atoms. The third-order valence-corrected chi connectivity index (χ3v) is 6.13. The van der Waals surface area contributed by atoms with E-state index in [-0.39, 0.29) is 23.2 Å². The Kier molecular flexibility index (Phi) is 6.97. The van der Waals surface area contributed by atoms with Crippen LogP contribution in [0.15, 0.2) is 22.8 Å². The molecule has 0 bridgehead atoms. The fourth-order valence-corrected chi connectivity index (χ4v) is 4.49. The van der Waals surface area contributed by atoms with Gasteiger partial charge in [-0.2, -0.15) is 0 Å². The van der Waals surface area contributed by atoms with Gasteiger partial charge in [0.25, 0.3) is 0 Å². The molecule has 0 radical (unpaired) electrons. The van der Waals surface area contributed by atoms with Gasteiger partial charge in [0.2, 0.25) is 5.91 Å². The second-order valence-electron chi connectivity index (χ2n) is 8.92. The van der Waals surface area contributed by atoms with E-state index in [9.17, 15) is 9.59 Å². The predicted molar refractivity (Wildman–Crippen MR) is 122 cm³/mol. The number of rotatable bonds is 9. The Hall–Kier alpha value is -2.90. The van der Waals surface area contributed by atoms with Crippen LogP contribution in [0.2, 0.25) is 0 Å². The van der Waals surface area contributed by atoms with Crippen molar-refractivity contribution in [1.82, 2.24) is 14.9 Å². The quantitative estimate of drug-likeness (QED) is 0.355. The normalized spacial score (nSPS) is 18.4. The standard InChI is InChI=1S/C23H34N6O2/c1-4-14-10-15-5-6-18(30)17(15)11-16(14)12-19-28-21(22(24)25)23(26)29(19)8-7-27-20(31)9-13(2)3/h11,13-14H,4-10,12,26H2,1-3H3,(H3,24,25)(H,27,31). The Bertz CT molecular complexity index is 954. The molecule has 0 saturated heterocycles. The van der Waals surface area contributed by atoms with Crippen molar-refractivity contribution in [2.45, 2.75) is 65.8 Å². The van der Waals surface area contributed by atoms with E-state index in [2.05, 4.69) is 23.3 Å².